The first-order chi connectivity index (χ1) is 9.72. The molecule has 0 radical (unpaired) electrons. The van der Waals surface area contributed by atoms with Crippen LogP contribution in [0.1, 0.15) is 42.9 Å². The van der Waals surface area contributed by atoms with E-state index in [9.17, 15) is 4.39 Å². The van der Waals surface area contributed by atoms with E-state index in [4.69, 9.17) is 0 Å². The average Bonchev–Trinajstić information content (AvgIpc) is 2.44. The highest BCUT2D eigenvalue weighted by Gasteiger charge is 2.30. The van der Waals surface area contributed by atoms with Gasteiger partial charge < -0.3 is 5.32 Å². The van der Waals surface area contributed by atoms with Crippen molar-refractivity contribution in [2.75, 3.05) is 0 Å². The van der Waals surface area contributed by atoms with Crippen molar-refractivity contribution in [3.05, 3.63) is 71.5 Å². The first-order valence-electron chi connectivity index (χ1n) is 7.29. The van der Waals surface area contributed by atoms with Crippen molar-refractivity contribution >= 4 is 0 Å². The largest absolute Gasteiger partial charge is 0.307 e. The first-order valence-corrected chi connectivity index (χ1v) is 7.29. The molecule has 20 heavy (non-hydrogen) atoms. The standard InChI is InChI=1S/C18H20FN/c1-13(14-5-3-2-4-6-14)20-18-11-16(12-18)15-7-9-17(19)10-8-15/h2-10,13,16,18,20H,11-12H2,1H3. The molecule has 1 N–H and O–H groups in total. The van der Waals surface area contributed by atoms with Crippen molar-refractivity contribution in [2.45, 2.75) is 37.8 Å². The Labute approximate surface area is 119 Å². The predicted molar refractivity (Wildman–Crippen MR) is 80.2 cm³/mol. The topological polar surface area (TPSA) is 12.0 Å². The third-order valence-electron chi connectivity index (χ3n) is 4.26. The van der Waals surface area contributed by atoms with Crippen LogP contribution >= 0.6 is 0 Å². The van der Waals surface area contributed by atoms with Crippen molar-refractivity contribution < 1.29 is 4.39 Å². The van der Waals surface area contributed by atoms with Crippen LogP contribution in [0.4, 0.5) is 4.39 Å². The van der Waals surface area contributed by atoms with Gasteiger partial charge in [0.15, 0.2) is 0 Å². The van der Waals surface area contributed by atoms with Gasteiger partial charge in [0.05, 0.1) is 0 Å². The highest BCUT2D eigenvalue weighted by Crippen LogP contribution is 2.37. The highest BCUT2D eigenvalue weighted by atomic mass is 19.1. The molecular formula is C18H20FN. The minimum absolute atomic E-state index is 0.152. The Bertz CT molecular complexity index is 543. The van der Waals surface area contributed by atoms with Crippen LogP contribution in [-0.2, 0) is 0 Å². The summed E-state index contributed by atoms with van der Waals surface area (Å²) in [6, 6.07) is 18.4. The Morgan fingerprint density at radius 2 is 1.65 bits per heavy atom. The second kappa shape index (κ2) is 5.76. The second-order valence-electron chi connectivity index (χ2n) is 5.72. The normalized spacial score (nSPS) is 23.1. The fraction of sp³-hybridized carbons (Fsp3) is 0.333. The maximum Gasteiger partial charge on any atom is 0.123 e. The van der Waals surface area contributed by atoms with Gasteiger partial charge in [-0.2, -0.15) is 0 Å². The van der Waals surface area contributed by atoms with E-state index in [1.807, 2.05) is 18.2 Å². The minimum Gasteiger partial charge on any atom is -0.307 e. The van der Waals surface area contributed by atoms with Gasteiger partial charge in [-0.05, 0) is 48.9 Å². The Hall–Kier alpha value is -1.67. The molecule has 1 nitrogen and oxygen atoms in total. The molecule has 0 bridgehead atoms. The van der Waals surface area contributed by atoms with Crippen LogP contribution < -0.4 is 5.32 Å². The van der Waals surface area contributed by atoms with E-state index in [1.165, 1.54) is 11.1 Å². The number of hydrogen-bond acceptors (Lipinski definition) is 1. The summed E-state index contributed by atoms with van der Waals surface area (Å²) >= 11 is 0. The summed E-state index contributed by atoms with van der Waals surface area (Å²) in [5.41, 5.74) is 2.59. The van der Waals surface area contributed by atoms with Gasteiger partial charge in [0.1, 0.15) is 5.82 Å². The quantitative estimate of drug-likeness (QED) is 0.866. The molecule has 1 unspecified atom stereocenters. The van der Waals surface area contributed by atoms with Crippen LogP contribution in [0.25, 0.3) is 0 Å². The van der Waals surface area contributed by atoms with E-state index >= 15 is 0 Å². The average molecular weight is 269 g/mol. The van der Waals surface area contributed by atoms with E-state index in [0.29, 0.717) is 18.0 Å². The fourth-order valence-electron chi connectivity index (χ4n) is 2.95. The smallest absolute Gasteiger partial charge is 0.123 e. The molecule has 1 saturated carbocycles. The molecule has 0 heterocycles. The van der Waals surface area contributed by atoms with Gasteiger partial charge in [-0.3, -0.25) is 0 Å². The zero-order chi connectivity index (χ0) is 13.9. The molecule has 104 valence electrons. The molecule has 0 aliphatic heterocycles. The van der Waals surface area contributed by atoms with Crippen molar-refractivity contribution in [2.24, 2.45) is 0 Å². The van der Waals surface area contributed by atoms with Crippen LogP contribution in [-0.4, -0.2) is 6.04 Å². The molecule has 0 spiro atoms. The summed E-state index contributed by atoms with van der Waals surface area (Å²) in [5, 5.41) is 3.67. The van der Waals surface area contributed by atoms with Crippen molar-refractivity contribution in [3.8, 4) is 0 Å². The van der Waals surface area contributed by atoms with E-state index in [1.54, 1.807) is 12.1 Å². The van der Waals surface area contributed by atoms with Gasteiger partial charge in [0.2, 0.25) is 0 Å². The Morgan fingerprint density at radius 1 is 1.00 bits per heavy atom. The summed E-state index contributed by atoms with van der Waals surface area (Å²) in [7, 11) is 0. The van der Waals surface area contributed by atoms with Gasteiger partial charge in [0.25, 0.3) is 0 Å². The maximum absolute atomic E-state index is 12.9. The third kappa shape index (κ3) is 2.91. The van der Waals surface area contributed by atoms with Crippen LogP contribution in [0.3, 0.4) is 0 Å². The van der Waals surface area contributed by atoms with Gasteiger partial charge in [-0.25, -0.2) is 4.39 Å². The summed E-state index contributed by atoms with van der Waals surface area (Å²) < 4.78 is 12.9. The van der Waals surface area contributed by atoms with Crippen LogP contribution in [0.2, 0.25) is 0 Å². The van der Waals surface area contributed by atoms with Gasteiger partial charge in [0, 0.05) is 12.1 Å². The fourth-order valence-corrected chi connectivity index (χ4v) is 2.95. The lowest BCUT2D eigenvalue weighted by molar-refractivity contribution is 0.271. The van der Waals surface area contributed by atoms with E-state index < -0.39 is 0 Å². The molecular weight excluding hydrogens is 249 g/mol. The molecule has 2 aromatic carbocycles. The van der Waals surface area contributed by atoms with E-state index in [2.05, 4.69) is 36.5 Å². The van der Waals surface area contributed by atoms with Crippen molar-refractivity contribution in [1.29, 1.82) is 0 Å². The van der Waals surface area contributed by atoms with Gasteiger partial charge >= 0.3 is 0 Å². The van der Waals surface area contributed by atoms with Crippen LogP contribution in [0.15, 0.2) is 54.6 Å². The zero-order valence-electron chi connectivity index (χ0n) is 11.7. The monoisotopic (exact) mass is 269 g/mol. The number of nitrogens with one attached hydrogen (secondary N) is 1. The summed E-state index contributed by atoms with van der Waals surface area (Å²) in [6.07, 6.45) is 2.28. The summed E-state index contributed by atoms with van der Waals surface area (Å²) in [5.74, 6) is 0.427. The molecule has 0 aromatic heterocycles. The van der Waals surface area contributed by atoms with E-state index in [0.717, 1.165) is 12.8 Å². The number of benzene rings is 2. The van der Waals surface area contributed by atoms with Crippen LogP contribution in [0, 0.1) is 5.82 Å². The lowest BCUT2D eigenvalue weighted by Gasteiger charge is -2.38. The van der Waals surface area contributed by atoms with Crippen molar-refractivity contribution in [1.82, 2.24) is 5.32 Å². The molecule has 1 fully saturated rings. The van der Waals surface area contributed by atoms with Gasteiger partial charge in [-0.15, -0.1) is 0 Å². The van der Waals surface area contributed by atoms with Crippen molar-refractivity contribution in [3.63, 3.8) is 0 Å². The number of halogens is 1. The number of rotatable bonds is 4. The Balaban J connectivity index is 1.52. The van der Waals surface area contributed by atoms with E-state index in [-0.39, 0.29) is 5.82 Å². The molecule has 3 rings (SSSR count). The Morgan fingerprint density at radius 3 is 2.30 bits per heavy atom. The zero-order valence-corrected chi connectivity index (χ0v) is 11.7. The first kappa shape index (κ1) is 13.3. The SMILES string of the molecule is CC(NC1CC(c2ccc(F)cc2)C1)c1ccccc1. The molecule has 0 amide bonds. The third-order valence-corrected chi connectivity index (χ3v) is 4.26. The molecule has 2 heteroatoms. The van der Waals surface area contributed by atoms with Gasteiger partial charge in [-0.1, -0.05) is 42.5 Å². The molecule has 0 saturated heterocycles. The molecule has 1 aliphatic rings. The lowest BCUT2D eigenvalue weighted by Crippen LogP contribution is -2.41. The van der Waals surface area contributed by atoms with Crippen LogP contribution in [0.5, 0.6) is 0 Å². The summed E-state index contributed by atoms with van der Waals surface area (Å²) in [4.78, 5) is 0. The molecule has 2 aromatic rings. The second-order valence-corrected chi connectivity index (χ2v) is 5.72. The highest BCUT2D eigenvalue weighted by molar-refractivity contribution is 5.24. The predicted octanol–water partition coefficient (Wildman–Crippen LogP) is 4.42. The Kier molecular flexibility index (Phi) is 3.83. The molecule has 1 atom stereocenters. The lowest BCUT2D eigenvalue weighted by atomic mass is 9.75. The minimum atomic E-state index is -0.152. The molecule has 1 aliphatic carbocycles. The summed E-state index contributed by atoms with van der Waals surface area (Å²) in [6.45, 7) is 2.21. The maximum atomic E-state index is 12.9. The number of hydrogen-bond donors (Lipinski definition) is 1.